The van der Waals surface area contributed by atoms with Gasteiger partial charge in [-0.1, -0.05) is 31.0 Å². The lowest BCUT2D eigenvalue weighted by Gasteiger charge is -2.06. The Morgan fingerprint density at radius 1 is 1.27 bits per heavy atom. The molecule has 0 saturated heterocycles. The third-order valence-corrected chi connectivity index (χ3v) is 2.13. The average Bonchev–Trinajstić information content (AvgIpc) is 2.22. The summed E-state index contributed by atoms with van der Waals surface area (Å²) in [6.45, 7) is 4.85. The van der Waals surface area contributed by atoms with Crippen LogP contribution in [0.15, 0.2) is 24.3 Å². The molecule has 1 aromatic rings. The first-order valence-corrected chi connectivity index (χ1v) is 5.34. The van der Waals surface area contributed by atoms with Gasteiger partial charge in [0.05, 0.1) is 0 Å². The van der Waals surface area contributed by atoms with E-state index < -0.39 is 0 Å². The number of anilines is 1. The van der Waals surface area contributed by atoms with E-state index >= 15 is 0 Å². The monoisotopic (exact) mass is 206 g/mol. The minimum absolute atomic E-state index is 0.132. The summed E-state index contributed by atoms with van der Waals surface area (Å²) < 4.78 is 0. The molecular weight excluding hydrogens is 188 g/mol. The second-order valence-electron chi connectivity index (χ2n) is 3.60. The van der Waals surface area contributed by atoms with Gasteiger partial charge in [-0.05, 0) is 25.5 Å². The lowest BCUT2D eigenvalue weighted by Crippen LogP contribution is -2.29. The molecule has 15 heavy (non-hydrogen) atoms. The third-order valence-electron chi connectivity index (χ3n) is 2.13. The van der Waals surface area contributed by atoms with Crippen LogP contribution in [0, 0.1) is 6.92 Å². The van der Waals surface area contributed by atoms with Gasteiger partial charge in [-0.25, -0.2) is 4.79 Å². The molecule has 0 aliphatic rings. The summed E-state index contributed by atoms with van der Waals surface area (Å²) in [7, 11) is 0. The highest BCUT2D eigenvalue weighted by Crippen LogP contribution is 2.07. The zero-order valence-corrected chi connectivity index (χ0v) is 9.34. The van der Waals surface area contributed by atoms with Gasteiger partial charge in [0, 0.05) is 12.2 Å². The molecule has 0 aliphatic carbocycles. The number of unbranched alkanes of at least 4 members (excludes halogenated alkanes) is 1. The maximum Gasteiger partial charge on any atom is 0.319 e. The number of carbonyl (C=O) groups excluding carboxylic acids is 1. The number of benzene rings is 1. The number of urea groups is 1. The third kappa shape index (κ3) is 4.49. The van der Waals surface area contributed by atoms with E-state index in [4.69, 9.17) is 0 Å². The zero-order chi connectivity index (χ0) is 11.1. The number of amides is 2. The zero-order valence-electron chi connectivity index (χ0n) is 9.34. The molecule has 0 radical (unpaired) electrons. The van der Waals surface area contributed by atoms with Crippen molar-refractivity contribution in [3.63, 3.8) is 0 Å². The Bertz CT molecular complexity index is 306. The van der Waals surface area contributed by atoms with E-state index in [-0.39, 0.29) is 6.03 Å². The second-order valence-corrected chi connectivity index (χ2v) is 3.60. The Labute approximate surface area is 90.9 Å². The molecule has 2 N–H and O–H groups in total. The van der Waals surface area contributed by atoms with Gasteiger partial charge in [0.25, 0.3) is 0 Å². The maximum absolute atomic E-state index is 11.3. The minimum Gasteiger partial charge on any atom is -0.338 e. The van der Waals surface area contributed by atoms with Crippen molar-refractivity contribution in [2.75, 3.05) is 11.9 Å². The van der Waals surface area contributed by atoms with Gasteiger partial charge in [0.15, 0.2) is 0 Å². The molecular formula is C12H18N2O. The summed E-state index contributed by atoms with van der Waals surface area (Å²) in [6, 6.07) is 7.61. The Hall–Kier alpha value is -1.51. The van der Waals surface area contributed by atoms with Gasteiger partial charge >= 0.3 is 6.03 Å². The van der Waals surface area contributed by atoms with Crippen LogP contribution in [-0.4, -0.2) is 12.6 Å². The van der Waals surface area contributed by atoms with Gasteiger partial charge < -0.3 is 10.6 Å². The summed E-state index contributed by atoms with van der Waals surface area (Å²) in [4.78, 5) is 11.3. The Morgan fingerprint density at radius 2 is 1.93 bits per heavy atom. The van der Waals surface area contributed by atoms with Crippen molar-refractivity contribution in [3.8, 4) is 0 Å². The molecule has 0 spiro atoms. The van der Waals surface area contributed by atoms with Crippen molar-refractivity contribution >= 4 is 11.7 Å². The maximum atomic E-state index is 11.3. The predicted octanol–water partition coefficient (Wildman–Crippen LogP) is 2.92. The van der Waals surface area contributed by atoms with Crippen molar-refractivity contribution < 1.29 is 4.79 Å². The molecule has 0 aliphatic heterocycles. The molecule has 0 unspecified atom stereocenters. The number of aryl methyl sites for hydroxylation is 1. The second kappa shape index (κ2) is 6.06. The highest BCUT2D eigenvalue weighted by molar-refractivity contribution is 5.89. The Balaban J connectivity index is 2.34. The van der Waals surface area contributed by atoms with Gasteiger partial charge in [-0.2, -0.15) is 0 Å². The number of hydrogen-bond donors (Lipinski definition) is 2. The molecule has 0 bridgehead atoms. The standard InChI is InChI=1S/C12H18N2O/c1-3-4-9-13-12(15)14-11-7-5-10(2)6-8-11/h5-8H,3-4,9H2,1-2H3,(H2,13,14,15). The molecule has 0 heterocycles. The summed E-state index contributed by atoms with van der Waals surface area (Å²) >= 11 is 0. The van der Waals surface area contributed by atoms with Crippen LogP contribution < -0.4 is 10.6 Å². The van der Waals surface area contributed by atoms with Gasteiger partial charge in [0.1, 0.15) is 0 Å². The van der Waals surface area contributed by atoms with Crippen molar-refractivity contribution in [3.05, 3.63) is 29.8 Å². The van der Waals surface area contributed by atoms with Crippen molar-refractivity contribution in [2.24, 2.45) is 0 Å². The van der Waals surface area contributed by atoms with E-state index in [2.05, 4.69) is 17.6 Å². The van der Waals surface area contributed by atoms with Crippen LogP contribution in [-0.2, 0) is 0 Å². The van der Waals surface area contributed by atoms with E-state index in [0.717, 1.165) is 25.1 Å². The molecule has 3 nitrogen and oxygen atoms in total. The lowest BCUT2D eigenvalue weighted by atomic mass is 10.2. The first-order chi connectivity index (χ1) is 7.22. The van der Waals surface area contributed by atoms with Crippen molar-refractivity contribution in [1.29, 1.82) is 0 Å². The number of carbonyl (C=O) groups is 1. The molecule has 82 valence electrons. The molecule has 3 heteroatoms. The fourth-order valence-corrected chi connectivity index (χ4v) is 1.19. The quantitative estimate of drug-likeness (QED) is 0.731. The highest BCUT2D eigenvalue weighted by atomic mass is 16.2. The molecule has 1 aromatic carbocycles. The fourth-order valence-electron chi connectivity index (χ4n) is 1.19. The largest absolute Gasteiger partial charge is 0.338 e. The van der Waals surface area contributed by atoms with Crippen LogP contribution in [0.5, 0.6) is 0 Å². The van der Waals surface area contributed by atoms with Crippen LogP contribution in [0.2, 0.25) is 0 Å². The van der Waals surface area contributed by atoms with Crippen LogP contribution in [0.1, 0.15) is 25.3 Å². The molecule has 0 saturated carbocycles. The smallest absolute Gasteiger partial charge is 0.319 e. The van der Waals surface area contributed by atoms with Crippen molar-refractivity contribution in [1.82, 2.24) is 5.32 Å². The fraction of sp³-hybridized carbons (Fsp3) is 0.417. The van der Waals surface area contributed by atoms with Crippen LogP contribution in [0.25, 0.3) is 0 Å². The van der Waals surface area contributed by atoms with Crippen molar-refractivity contribution in [2.45, 2.75) is 26.7 Å². The van der Waals surface area contributed by atoms with Gasteiger partial charge in [0.2, 0.25) is 0 Å². The lowest BCUT2D eigenvalue weighted by molar-refractivity contribution is 0.252. The summed E-state index contributed by atoms with van der Waals surface area (Å²) in [6.07, 6.45) is 2.10. The first kappa shape index (κ1) is 11.6. The van der Waals surface area contributed by atoms with E-state index in [0.29, 0.717) is 0 Å². The molecule has 2 amide bonds. The van der Waals surface area contributed by atoms with E-state index in [1.165, 1.54) is 5.56 Å². The van der Waals surface area contributed by atoms with Gasteiger partial charge in [-0.15, -0.1) is 0 Å². The topological polar surface area (TPSA) is 41.1 Å². The highest BCUT2D eigenvalue weighted by Gasteiger charge is 1.99. The van der Waals surface area contributed by atoms with E-state index in [1.807, 2.05) is 31.2 Å². The minimum atomic E-state index is -0.132. The molecule has 0 aromatic heterocycles. The van der Waals surface area contributed by atoms with E-state index in [9.17, 15) is 4.79 Å². The summed E-state index contributed by atoms with van der Waals surface area (Å²) in [5, 5.41) is 5.57. The molecule has 1 rings (SSSR count). The first-order valence-electron chi connectivity index (χ1n) is 5.34. The van der Waals surface area contributed by atoms with Gasteiger partial charge in [-0.3, -0.25) is 0 Å². The van der Waals surface area contributed by atoms with Crippen LogP contribution in [0.4, 0.5) is 10.5 Å². The molecule has 0 atom stereocenters. The SMILES string of the molecule is CCCCNC(=O)Nc1ccc(C)cc1. The number of hydrogen-bond acceptors (Lipinski definition) is 1. The Morgan fingerprint density at radius 3 is 2.53 bits per heavy atom. The predicted molar refractivity (Wildman–Crippen MR) is 63.1 cm³/mol. The Kier molecular flexibility index (Phi) is 4.68. The number of rotatable bonds is 4. The summed E-state index contributed by atoms with van der Waals surface area (Å²) in [5.74, 6) is 0. The summed E-state index contributed by atoms with van der Waals surface area (Å²) in [5.41, 5.74) is 2.02. The van der Waals surface area contributed by atoms with Crippen LogP contribution in [0.3, 0.4) is 0 Å². The van der Waals surface area contributed by atoms with E-state index in [1.54, 1.807) is 0 Å². The average molecular weight is 206 g/mol. The molecule has 0 fully saturated rings. The normalized spacial score (nSPS) is 9.73. The van der Waals surface area contributed by atoms with Crippen LogP contribution >= 0.6 is 0 Å². The number of nitrogens with one attached hydrogen (secondary N) is 2.